The molecule has 176 valence electrons. The largest absolute Gasteiger partial charge is 0.449 e. The number of hydrogen-bond donors (Lipinski definition) is 2. The number of carbonyl (C=O) groups is 2. The number of allylic oxidation sites excluding steroid dienone is 4. The van der Waals surface area contributed by atoms with Crippen molar-refractivity contribution in [2.75, 3.05) is 12.9 Å². The number of halogens is 1. The number of Topliss-reactive ketones (excluding diaryl/α,β-unsaturated/α-hetero) is 1. The van der Waals surface area contributed by atoms with Crippen molar-refractivity contribution in [2.24, 2.45) is 10.9 Å². The number of aliphatic imine (C=N–C) groups is 1. The summed E-state index contributed by atoms with van der Waals surface area (Å²) >= 11 is 7.22. The summed E-state index contributed by atoms with van der Waals surface area (Å²) in [5.41, 5.74) is 2.61. The molecule has 1 atom stereocenters. The average molecular weight is 496 g/mol. The lowest BCUT2D eigenvalue weighted by Gasteiger charge is -2.24. The molecule has 0 bridgehead atoms. The van der Waals surface area contributed by atoms with E-state index in [-0.39, 0.29) is 11.5 Å². The highest BCUT2D eigenvalue weighted by atomic mass is 35.5. The van der Waals surface area contributed by atoms with Crippen LogP contribution < -0.4 is 5.32 Å². The Morgan fingerprint density at radius 3 is 2.47 bits per heavy atom. The summed E-state index contributed by atoms with van der Waals surface area (Å²) in [5.74, 6) is -0.655. The first-order chi connectivity index (χ1) is 16.4. The zero-order chi connectivity index (χ0) is 24.5. The molecule has 1 aliphatic carbocycles. The van der Waals surface area contributed by atoms with Crippen LogP contribution in [0.3, 0.4) is 0 Å². The van der Waals surface area contributed by atoms with E-state index >= 15 is 0 Å². The molecule has 0 aliphatic heterocycles. The zero-order valence-corrected chi connectivity index (χ0v) is 20.6. The van der Waals surface area contributed by atoms with E-state index in [1.165, 1.54) is 11.8 Å². The Bertz CT molecular complexity index is 1140. The minimum absolute atomic E-state index is 0.159. The van der Waals surface area contributed by atoms with Crippen molar-refractivity contribution >= 4 is 46.1 Å². The third kappa shape index (κ3) is 6.68. The third-order valence-electron chi connectivity index (χ3n) is 5.13. The Morgan fingerprint density at radius 2 is 1.82 bits per heavy atom. The molecule has 0 spiro atoms. The van der Waals surface area contributed by atoms with Gasteiger partial charge in [0.1, 0.15) is 0 Å². The Morgan fingerprint density at radius 1 is 1.12 bits per heavy atom. The molecule has 0 saturated carbocycles. The molecule has 6 nitrogen and oxygen atoms in total. The number of nitrogens with zero attached hydrogens (tertiary/aromatic N) is 1. The number of rotatable bonds is 7. The molecule has 3 rings (SSSR count). The van der Waals surface area contributed by atoms with E-state index in [0.29, 0.717) is 46.5 Å². The zero-order valence-electron chi connectivity index (χ0n) is 19.0. The van der Waals surface area contributed by atoms with Gasteiger partial charge in [0, 0.05) is 22.1 Å². The van der Waals surface area contributed by atoms with Gasteiger partial charge in [-0.25, -0.2) is 9.79 Å². The molecule has 0 heterocycles. The second-order valence-electron chi connectivity index (χ2n) is 7.55. The van der Waals surface area contributed by atoms with E-state index in [9.17, 15) is 9.59 Å². The summed E-state index contributed by atoms with van der Waals surface area (Å²) in [6, 6.07) is 16.4. The molecule has 0 radical (unpaired) electrons. The molecule has 0 fully saturated rings. The number of carbonyl (C=O) groups excluding carboxylic acids is 2. The summed E-state index contributed by atoms with van der Waals surface area (Å²) in [4.78, 5) is 29.8. The summed E-state index contributed by atoms with van der Waals surface area (Å²) in [6.07, 6.45) is 5.73. The Hall–Kier alpha value is -3.16. The molecule has 0 saturated heterocycles. The van der Waals surface area contributed by atoms with Crippen LogP contribution in [0.5, 0.6) is 0 Å². The van der Waals surface area contributed by atoms with Crippen molar-refractivity contribution in [1.82, 2.24) is 5.32 Å². The van der Waals surface area contributed by atoms with E-state index in [2.05, 4.69) is 10.3 Å². The molecule has 2 aromatic carbocycles. The number of amides is 1. The minimum Gasteiger partial charge on any atom is -0.449 e. The second kappa shape index (κ2) is 12.3. The molecule has 1 amide bonds. The van der Waals surface area contributed by atoms with Crippen LogP contribution >= 0.6 is 23.4 Å². The lowest BCUT2D eigenvalue weighted by molar-refractivity contribution is 0.102. The fraction of sp³-hybridized carbons (Fsp3) is 0.231. The monoisotopic (exact) mass is 495 g/mol. The van der Waals surface area contributed by atoms with Gasteiger partial charge in [0.15, 0.2) is 11.0 Å². The van der Waals surface area contributed by atoms with Crippen LogP contribution in [0.15, 0.2) is 83.0 Å². The SMILES string of the molecule is CCCOC(=O)NC(=NC1=CC=C(C(=O)c2ccc(Cl)cc2)C(Cc2ccccc2)C1=N)SC. The first-order valence-electron chi connectivity index (χ1n) is 10.8. The first-order valence-corrected chi connectivity index (χ1v) is 12.4. The van der Waals surface area contributed by atoms with Crippen molar-refractivity contribution in [3.8, 4) is 0 Å². The summed E-state index contributed by atoms with van der Waals surface area (Å²) in [5, 5.41) is 12.4. The van der Waals surface area contributed by atoms with E-state index in [1.54, 1.807) is 42.7 Å². The third-order valence-corrected chi connectivity index (χ3v) is 5.97. The minimum atomic E-state index is -0.590. The first kappa shape index (κ1) is 25.5. The van der Waals surface area contributed by atoms with Gasteiger partial charge in [0.05, 0.1) is 18.0 Å². The summed E-state index contributed by atoms with van der Waals surface area (Å²) in [6.45, 7) is 2.22. The fourth-order valence-corrected chi connectivity index (χ4v) is 3.92. The molecule has 8 heteroatoms. The van der Waals surface area contributed by atoms with Crippen LogP contribution in [0.1, 0.15) is 29.3 Å². The van der Waals surface area contributed by atoms with Gasteiger partial charge in [0.2, 0.25) is 0 Å². The molecule has 0 aromatic heterocycles. The average Bonchev–Trinajstić information content (AvgIpc) is 2.85. The quantitative estimate of drug-likeness (QED) is 0.276. The Kier molecular flexibility index (Phi) is 9.24. The van der Waals surface area contributed by atoms with Crippen molar-refractivity contribution < 1.29 is 14.3 Å². The standard InChI is InChI=1S/C26H26ClN3O3S/c1-3-15-33-26(32)30-25(34-2)29-22-14-13-20(24(31)18-9-11-19(27)12-10-18)21(23(22)28)16-17-7-5-4-6-8-17/h4-14,21,28H,3,15-16H2,1-2H3,(H,29,30,32). The molecule has 2 aromatic rings. The summed E-state index contributed by atoms with van der Waals surface area (Å²) < 4.78 is 5.06. The molecule has 1 unspecified atom stereocenters. The fourth-order valence-electron chi connectivity index (χ4n) is 3.42. The van der Waals surface area contributed by atoms with Crippen molar-refractivity contribution in [2.45, 2.75) is 19.8 Å². The number of nitrogens with one attached hydrogen (secondary N) is 2. The maximum atomic E-state index is 13.3. The van der Waals surface area contributed by atoms with Gasteiger partial charge in [-0.1, -0.05) is 66.7 Å². The van der Waals surface area contributed by atoms with E-state index in [1.807, 2.05) is 37.3 Å². The number of ether oxygens (including phenoxy) is 1. The number of hydrogen-bond acceptors (Lipinski definition) is 6. The highest BCUT2D eigenvalue weighted by Gasteiger charge is 2.30. The number of ketones is 1. The van der Waals surface area contributed by atoms with Gasteiger partial charge in [-0.2, -0.15) is 0 Å². The van der Waals surface area contributed by atoms with Gasteiger partial charge in [-0.3, -0.25) is 10.1 Å². The second-order valence-corrected chi connectivity index (χ2v) is 8.78. The predicted octanol–water partition coefficient (Wildman–Crippen LogP) is 6.08. The van der Waals surface area contributed by atoms with Crippen LogP contribution in [0.2, 0.25) is 5.02 Å². The van der Waals surface area contributed by atoms with Gasteiger partial charge in [-0.15, -0.1) is 0 Å². The number of thioether (sulfide) groups is 1. The van der Waals surface area contributed by atoms with Gasteiger partial charge < -0.3 is 10.1 Å². The lowest BCUT2D eigenvalue weighted by Crippen LogP contribution is -2.31. The van der Waals surface area contributed by atoms with Gasteiger partial charge in [0.25, 0.3) is 0 Å². The Labute approximate surface area is 208 Å². The highest BCUT2D eigenvalue weighted by molar-refractivity contribution is 8.13. The molecular formula is C26H26ClN3O3S. The smallest absolute Gasteiger partial charge is 0.413 e. The molecular weight excluding hydrogens is 470 g/mol. The normalized spacial score (nSPS) is 15.9. The van der Waals surface area contributed by atoms with Crippen LogP contribution in [-0.2, 0) is 11.2 Å². The van der Waals surface area contributed by atoms with Crippen molar-refractivity contribution in [3.63, 3.8) is 0 Å². The number of amidine groups is 1. The summed E-state index contributed by atoms with van der Waals surface area (Å²) in [7, 11) is 0. The molecule has 1 aliphatic rings. The van der Waals surface area contributed by atoms with Gasteiger partial charge in [-0.05, 0) is 55.0 Å². The maximum absolute atomic E-state index is 13.3. The number of benzene rings is 2. The van der Waals surface area contributed by atoms with Crippen molar-refractivity contribution in [3.05, 3.63) is 94.2 Å². The predicted molar refractivity (Wildman–Crippen MR) is 139 cm³/mol. The van der Waals surface area contributed by atoms with E-state index < -0.39 is 12.0 Å². The van der Waals surface area contributed by atoms with E-state index in [4.69, 9.17) is 21.7 Å². The number of alkyl carbamates (subject to hydrolysis) is 1. The Balaban J connectivity index is 1.94. The van der Waals surface area contributed by atoms with Gasteiger partial charge >= 0.3 is 6.09 Å². The molecule has 2 N–H and O–H groups in total. The topological polar surface area (TPSA) is 91.6 Å². The van der Waals surface area contributed by atoms with Crippen LogP contribution in [-0.4, -0.2) is 35.6 Å². The van der Waals surface area contributed by atoms with Crippen molar-refractivity contribution in [1.29, 1.82) is 5.41 Å². The molecule has 34 heavy (non-hydrogen) atoms. The van der Waals surface area contributed by atoms with Crippen LogP contribution in [0.25, 0.3) is 0 Å². The van der Waals surface area contributed by atoms with Crippen LogP contribution in [0.4, 0.5) is 4.79 Å². The maximum Gasteiger partial charge on any atom is 0.413 e. The van der Waals surface area contributed by atoms with E-state index in [0.717, 1.165) is 5.56 Å². The van der Waals surface area contributed by atoms with Crippen LogP contribution in [0, 0.1) is 11.3 Å². The lowest BCUT2D eigenvalue weighted by atomic mass is 9.80. The highest BCUT2D eigenvalue weighted by Crippen LogP contribution is 2.30.